The predicted octanol–water partition coefficient (Wildman–Crippen LogP) is 2.45. The number of benzene rings is 1. The number of aliphatic hydroxyl groups is 1. The maximum absolute atomic E-state index is 15.3. The summed E-state index contributed by atoms with van der Waals surface area (Å²) in [5.74, 6) is -7.28. The summed E-state index contributed by atoms with van der Waals surface area (Å²) in [4.78, 5) is 37.2. The summed E-state index contributed by atoms with van der Waals surface area (Å²) in [5.41, 5.74) is -6.98. The number of ether oxygens (including phenoxy) is 2. The van der Waals surface area contributed by atoms with E-state index in [0.717, 1.165) is 0 Å². The molecule has 1 aromatic heterocycles. The molecule has 0 aliphatic carbocycles. The van der Waals surface area contributed by atoms with E-state index in [1.165, 1.54) is 36.2 Å². The maximum Gasteiger partial charge on any atom is 0.330 e. The van der Waals surface area contributed by atoms with E-state index in [1.807, 2.05) is 0 Å². The molecule has 1 aromatic carbocycles. The Labute approximate surface area is 228 Å². The zero-order chi connectivity index (χ0) is 30.0. The molecular weight excluding hydrogens is 592 g/mol. The van der Waals surface area contributed by atoms with Gasteiger partial charge in [-0.2, -0.15) is 13.2 Å². The lowest BCUT2D eigenvalue weighted by molar-refractivity contribution is -0.241. The van der Waals surface area contributed by atoms with Crippen LogP contribution in [0.15, 0.2) is 46.1 Å². The molecule has 11 nitrogen and oxygen atoms in total. The number of carbonyl (C=O) groups is 1. The first kappa shape index (κ1) is 31.8. The third kappa shape index (κ3) is 6.44. The van der Waals surface area contributed by atoms with Gasteiger partial charge in [0.1, 0.15) is 11.8 Å². The molecule has 0 bridgehead atoms. The van der Waals surface area contributed by atoms with Crippen LogP contribution in [0.1, 0.15) is 27.0 Å². The third-order valence-corrected chi connectivity index (χ3v) is 8.04. The minimum atomic E-state index is -4.83. The molecule has 0 amide bonds. The lowest BCUT2D eigenvalue weighted by Crippen LogP contribution is -2.57. The van der Waals surface area contributed by atoms with Gasteiger partial charge in [0, 0.05) is 0 Å². The van der Waals surface area contributed by atoms with Gasteiger partial charge >= 0.3 is 24.2 Å². The van der Waals surface area contributed by atoms with Crippen LogP contribution in [0.3, 0.4) is 0 Å². The number of aliphatic hydroxyl groups excluding tert-OH is 1. The van der Waals surface area contributed by atoms with E-state index in [1.54, 1.807) is 19.9 Å². The molecule has 1 unspecified atom stereocenters. The second kappa shape index (κ2) is 12.0. The van der Waals surface area contributed by atoms with Gasteiger partial charge in [0.2, 0.25) is 11.4 Å². The Morgan fingerprint density at radius 3 is 2.45 bits per heavy atom. The zero-order valence-corrected chi connectivity index (χ0v) is 22.8. The number of carbonyl (C=O) groups excluding carboxylic acids is 1. The number of nitrogens with zero attached hydrogens (tertiary/aromatic N) is 1. The Balaban J connectivity index is 1.98. The van der Waals surface area contributed by atoms with Crippen molar-refractivity contribution in [3.63, 3.8) is 0 Å². The summed E-state index contributed by atoms with van der Waals surface area (Å²) < 4.78 is 94.0. The van der Waals surface area contributed by atoms with Gasteiger partial charge in [-0.3, -0.25) is 19.1 Å². The van der Waals surface area contributed by atoms with E-state index in [-0.39, 0.29) is 16.5 Å². The number of nitrogens with one attached hydrogen (secondary N) is 2. The van der Waals surface area contributed by atoms with Gasteiger partial charge in [0.05, 0.1) is 18.9 Å². The van der Waals surface area contributed by atoms with Crippen molar-refractivity contribution < 1.29 is 50.4 Å². The van der Waals surface area contributed by atoms with Crippen LogP contribution in [0.4, 0.5) is 22.0 Å². The van der Waals surface area contributed by atoms with Gasteiger partial charge in [-0.05, 0) is 44.7 Å². The Bertz CT molecular complexity index is 1380. The highest BCUT2D eigenvalue weighted by Crippen LogP contribution is 2.54. The zero-order valence-electron chi connectivity index (χ0n) is 21.1. The van der Waals surface area contributed by atoms with E-state index in [2.05, 4.69) is 5.09 Å². The van der Waals surface area contributed by atoms with Crippen LogP contribution in [0, 0.1) is 5.82 Å². The second-order valence-corrected chi connectivity index (χ2v) is 12.1. The van der Waals surface area contributed by atoms with Crippen molar-refractivity contribution >= 4 is 24.4 Å². The summed E-state index contributed by atoms with van der Waals surface area (Å²) in [6.07, 6.45) is -10.2. The van der Waals surface area contributed by atoms with Crippen molar-refractivity contribution in [2.75, 3.05) is 6.61 Å². The van der Waals surface area contributed by atoms with Gasteiger partial charge in [-0.25, -0.2) is 18.7 Å². The summed E-state index contributed by atoms with van der Waals surface area (Å²) in [6.45, 7) is -1.47. The number of rotatable bonds is 11. The average molecular weight is 617 g/mol. The number of halogens is 5. The Morgan fingerprint density at radius 1 is 1.25 bits per heavy atom. The Kier molecular flexibility index (Phi) is 9.58. The molecule has 1 fully saturated rings. The van der Waals surface area contributed by atoms with Gasteiger partial charge in [-0.1, -0.05) is 18.2 Å². The fourth-order valence-corrected chi connectivity index (χ4v) is 5.96. The van der Waals surface area contributed by atoms with E-state index >= 15 is 8.78 Å². The first-order valence-electron chi connectivity index (χ1n) is 11.5. The quantitative estimate of drug-likeness (QED) is 0.196. The van der Waals surface area contributed by atoms with E-state index in [4.69, 9.17) is 30.3 Å². The summed E-state index contributed by atoms with van der Waals surface area (Å²) in [5, 5.41) is 12.7. The molecule has 2 heterocycles. The van der Waals surface area contributed by atoms with Crippen molar-refractivity contribution in [2.45, 2.75) is 63.2 Å². The molecule has 3 rings (SSSR count). The molecule has 40 heavy (non-hydrogen) atoms. The number of hydrogen-bond donors (Lipinski definition) is 3. The van der Waals surface area contributed by atoms with E-state index < -0.39 is 78.7 Å². The van der Waals surface area contributed by atoms with Crippen LogP contribution in [0.5, 0.6) is 5.75 Å². The molecule has 0 saturated carbocycles. The average Bonchev–Trinajstić information content (AvgIpc) is 3.06. The minimum Gasteiger partial charge on any atom is -0.462 e. The molecule has 1 aliphatic heterocycles. The third-order valence-electron chi connectivity index (χ3n) is 5.56. The van der Waals surface area contributed by atoms with Crippen LogP contribution >= 0.6 is 6.64 Å². The van der Waals surface area contributed by atoms with Crippen LogP contribution in [0.25, 0.3) is 0 Å². The number of para-hydroxylation sites is 1. The lowest BCUT2D eigenvalue weighted by Gasteiger charge is -2.35. The monoisotopic (exact) mass is 617 g/mol. The number of aromatic amines is 1. The normalized spacial score (nSPS) is 24.6. The predicted molar refractivity (Wildman–Crippen MR) is 132 cm³/mol. The van der Waals surface area contributed by atoms with Gasteiger partial charge < -0.3 is 23.6 Å². The van der Waals surface area contributed by atoms with Crippen LogP contribution in [-0.4, -0.2) is 63.4 Å². The topological polar surface area (TPSA) is 141 Å². The van der Waals surface area contributed by atoms with Crippen molar-refractivity contribution in [1.82, 2.24) is 14.6 Å². The molecule has 5 atom stereocenters. The first-order valence-corrected chi connectivity index (χ1v) is 14.2. The highest BCUT2D eigenvalue weighted by molar-refractivity contribution is 8.09. The SMILES string of the molecule is CC(C)OC(=O)[C@H](C)NP(=S)(OC[C@@]1(C(F)F)O[C@@H](n2cc(F)c(=O)[nH]c2=O)[C@H](O)C1(F)F)Oc1ccccc1. The fourth-order valence-electron chi connectivity index (χ4n) is 3.55. The summed E-state index contributed by atoms with van der Waals surface area (Å²) in [6, 6.07) is 6.16. The summed E-state index contributed by atoms with van der Waals surface area (Å²) in [7, 11) is 0. The van der Waals surface area contributed by atoms with E-state index in [9.17, 15) is 32.7 Å². The molecule has 3 N–H and O–H groups in total. The fraction of sp³-hybridized carbons (Fsp3) is 0.500. The smallest absolute Gasteiger partial charge is 0.330 e. The molecular formula is C22H25F5N3O8PS. The van der Waals surface area contributed by atoms with Gasteiger partial charge in [0.25, 0.3) is 12.0 Å². The molecule has 18 heteroatoms. The number of esters is 1. The highest BCUT2D eigenvalue weighted by atomic mass is 32.5. The molecule has 1 saturated heterocycles. The van der Waals surface area contributed by atoms with Crippen LogP contribution in [-0.2, 0) is 30.6 Å². The largest absolute Gasteiger partial charge is 0.462 e. The summed E-state index contributed by atoms with van der Waals surface area (Å²) >= 11 is 5.34. The van der Waals surface area contributed by atoms with Crippen molar-refractivity contribution in [1.29, 1.82) is 0 Å². The molecule has 2 aromatic rings. The molecule has 1 aliphatic rings. The van der Waals surface area contributed by atoms with Crippen molar-refractivity contribution in [3.05, 3.63) is 63.2 Å². The van der Waals surface area contributed by atoms with Gasteiger partial charge in [0.15, 0.2) is 12.3 Å². The van der Waals surface area contributed by atoms with Crippen molar-refractivity contribution in [2.24, 2.45) is 0 Å². The van der Waals surface area contributed by atoms with Crippen LogP contribution < -0.4 is 20.9 Å². The van der Waals surface area contributed by atoms with Crippen LogP contribution in [0.2, 0.25) is 0 Å². The highest BCUT2D eigenvalue weighted by Gasteiger charge is 2.74. The molecule has 0 spiro atoms. The van der Waals surface area contributed by atoms with Crippen molar-refractivity contribution in [3.8, 4) is 5.75 Å². The van der Waals surface area contributed by atoms with Gasteiger partial charge in [-0.15, -0.1) is 0 Å². The maximum atomic E-state index is 15.3. The van der Waals surface area contributed by atoms with E-state index in [0.29, 0.717) is 0 Å². The number of hydrogen-bond acceptors (Lipinski definition) is 9. The lowest BCUT2D eigenvalue weighted by atomic mass is 9.95. The number of aromatic nitrogens is 2. The Morgan fingerprint density at radius 2 is 1.88 bits per heavy atom. The number of H-pyrrole nitrogens is 1. The number of alkyl halides is 4. The minimum absolute atomic E-state index is 0.00174. The molecule has 0 radical (unpaired) electrons. The Hall–Kier alpha value is -2.69. The standard InChI is InChI=1S/C22H25F5N3O8PS/c1-11(2)36-18(33)12(3)29-39(40,38-13-7-5-4-6-8-13)35-10-21(19(24)25)22(26,27)15(31)17(37-21)30-9-14(23)16(32)28-20(30)34/h4-9,11-12,15,17,19,31H,10H2,1-3H3,(H,29,40)(H,28,32,34)/t12-,15-,17+,21-,39?/m0/s1. The second-order valence-electron chi connectivity index (χ2n) is 8.92. The first-order chi connectivity index (χ1) is 18.5. The molecule has 222 valence electrons.